The third kappa shape index (κ3) is 5.14. The Bertz CT molecular complexity index is 1060. The van der Waals surface area contributed by atoms with Crippen LogP contribution >= 0.6 is 12.2 Å². The van der Waals surface area contributed by atoms with E-state index in [0.29, 0.717) is 17.3 Å². The van der Waals surface area contributed by atoms with Crippen molar-refractivity contribution in [3.63, 3.8) is 0 Å². The maximum Gasteiger partial charge on any atom is 0.234 e. The molecule has 0 atom stereocenters. The highest BCUT2D eigenvalue weighted by Gasteiger charge is 2.17. The van der Waals surface area contributed by atoms with E-state index in [9.17, 15) is 4.79 Å². The normalized spacial score (nSPS) is 11.1. The number of nitrogens with one attached hydrogen (secondary N) is 1. The molecule has 0 bridgehead atoms. The van der Waals surface area contributed by atoms with Gasteiger partial charge in [0.25, 0.3) is 0 Å². The number of para-hydroxylation sites is 1. The Labute approximate surface area is 181 Å². The molecule has 3 aromatic rings. The van der Waals surface area contributed by atoms with Gasteiger partial charge < -0.3 is 10.1 Å². The van der Waals surface area contributed by atoms with Gasteiger partial charge in [-0.05, 0) is 57.4 Å². The average molecular weight is 426 g/mol. The molecular formula is C22H27N5O2S. The molecule has 158 valence electrons. The van der Waals surface area contributed by atoms with Crippen molar-refractivity contribution < 1.29 is 9.53 Å². The van der Waals surface area contributed by atoms with Crippen LogP contribution in [0.15, 0.2) is 54.6 Å². The van der Waals surface area contributed by atoms with E-state index in [1.54, 1.807) is 11.8 Å². The summed E-state index contributed by atoms with van der Waals surface area (Å²) >= 11 is 5.76. The Hall–Kier alpha value is -2.97. The number of likely N-dealkylation sites (N-methyl/N-ethyl adjacent to an activating group) is 1. The summed E-state index contributed by atoms with van der Waals surface area (Å²) in [7, 11) is 3.51. The van der Waals surface area contributed by atoms with Gasteiger partial charge in [-0.3, -0.25) is 14.3 Å². The molecular weight excluding hydrogens is 398 g/mol. The van der Waals surface area contributed by atoms with E-state index in [1.807, 2.05) is 85.0 Å². The van der Waals surface area contributed by atoms with E-state index < -0.39 is 0 Å². The monoisotopic (exact) mass is 425 g/mol. The van der Waals surface area contributed by atoms with E-state index in [2.05, 4.69) is 5.32 Å². The molecule has 2 aromatic carbocycles. The highest BCUT2D eigenvalue weighted by Crippen LogP contribution is 2.26. The first-order valence-electron chi connectivity index (χ1n) is 9.76. The topological polar surface area (TPSA) is 64.3 Å². The maximum atomic E-state index is 12.1. The summed E-state index contributed by atoms with van der Waals surface area (Å²) in [6.07, 6.45) is 0. The summed E-state index contributed by atoms with van der Waals surface area (Å²) in [5.74, 6) is 1.43. The molecule has 0 saturated carbocycles. The van der Waals surface area contributed by atoms with E-state index in [1.165, 1.54) is 0 Å². The van der Waals surface area contributed by atoms with Crippen LogP contribution in [-0.4, -0.2) is 51.9 Å². The van der Waals surface area contributed by atoms with Gasteiger partial charge in [0.1, 0.15) is 5.75 Å². The standard InChI is InChI=1S/C22H27N5O2S/c1-16(2)23-20(28)14-25(3)15-26-22(30)27(18-10-6-5-7-11-18)21(24-26)17-9-8-12-19(13-17)29-4/h5-13,16H,14-15H2,1-4H3,(H,23,28). The molecule has 0 unspecified atom stereocenters. The zero-order chi connectivity index (χ0) is 21.7. The Morgan fingerprint density at radius 3 is 2.60 bits per heavy atom. The lowest BCUT2D eigenvalue weighted by Crippen LogP contribution is -2.39. The van der Waals surface area contributed by atoms with Crippen LogP contribution in [0.1, 0.15) is 13.8 Å². The summed E-state index contributed by atoms with van der Waals surface area (Å²) in [5, 5.41) is 7.69. The summed E-state index contributed by atoms with van der Waals surface area (Å²) in [4.78, 5) is 14.0. The fraction of sp³-hybridized carbons (Fsp3) is 0.318. The second kappa shape index (κ2) is 9.69. The van der Waals surface area contributed by atoms with Crippen molar-refractivity contribution in [2.24, 2.45) is 0 Å². The second-order valence-corrected chi connectivity index (χ2v) is 7.75. The number of rotatable bonds is 8. The Morgan fingerprint density at radius 1 is 1.20 bits per heavy atom. The van der Waals surface area contributed by atoms with Gasteiger partial charge in [0.05, 0.1) is 20.3 Å². The molecule has 0 aliphatic rings. The van der Waals surface area contributed by atoms with Crippen molar-refractivity contribution in [3.8, 4) is 22.8 Å². The van der Waals surface area contributed by atoms with Crippen LogP contribution in [-0.2, 0) is 11.5 Å². The number of aromatic nitrogens is 3. The van der Waals surface area contributed by atoms with Crippen LogP contribution in [0, 0.1) is 4.77 Å². The molecule has 0 fully saturated rings. The minimum Gasteiger partial charge on any atom is -0.497 e. The van der Waals surface area contributed by atoms with Crippen LogP contribution in [0.3, 0.4) is 0 Å². The van der Waals surface area contributed by atoms with Gasteiger partial charge in [-0.15, -0.1) is 5.10 Å². The van der Waals surface area contributed by atoms with Crippen molar-refractivity contribution in [3.05, 3.63) is 59.4 Å². The molecule has 0 aliphatic heterocycles. The number of hydrogen-bond donors (Lipinski definition) is 1. The van der Waals surface area contributed by atoms with E-state index >= 15 is 0 Å². The minimum absolute atomic E-state index is 0.0328. The van der Waals surface area contributed by atoms with Crippen molar-refractivity contribution in [2.75, 3.05) is 20.7 Å². The van der Waals surface area contributed by atoms with Crippen molar-refractivity contribution >= 4 is 18.1 Å². The van der Waals surface area contributed by atoms with Gasteiger partial charge in [0, 0.05) is 17.3 Å². The molecule has 8 heteroatoms. The largest absolute Gasteiger partial charge is 0.497 e. The quantitative estimate of drug-likeness (QED) is 0.560. The van der Waals surface area contributed by atoms with Crippen LogP contribution in [0.4, 0.5) is 0 Å². The van der Waals surface area contributed by atoms with Gasteiger partial charge >= 0.3 is 0 Å². The van der Waals surface area contributed by atoms with Gasteiger partial charge in [-0.2, -0.15) is 0 Å². The number of nitrogens with zero attached hydrogens (tertiary/aromatic N) is 4. The third-order valence-electron chi connectivity index (χ3n) is 4.42. The molecule has 1 amide bonds. The lowest BCUT2D eigenvalue weighted by molar-refractivity contribution is -0.122. The Balaban J connectivity index is 1.98. The number of hydrogen-bond acceptors (Lipinski definition) is 5. The minimum atomic E-state index is -0.0328. The van der Waals surface area contributed by atoms with Gasteiger partial charge in [-0.25, -0.2) is 4.68 Å². The van der Waals surface area contributed by atoms with Crippen LogP contribution < -0.4 is 10.1 Å². The first-order valence-corrected chi connectivity index (χ1v) is 10.2. The fourth-order valence-corrected chi connectivity index (χ4v) is 3.44. The Morgan fingerprint density at radius 2 is 1.93 bits per heavy atom. The smallest absolute Gasteiger partial charge is 0.234 e. The summed E-state index contributed by atoms with van der Waals surface area (Å²) in [6.45, 7) is 4.53. The Kier molecular flexibility index (Phi) is 7.02. The molecule has 1 heterocycles. The van der Waals surface area contributed by atoms with Gasteiger partial charge in [-0.1, -0.05) is 30.3 Å². The van der Waals surface area contributed by atoms with Crippen molar-refractivity contribution in [1.29, 1.82) is 0 Å². The van der Waals surface area contributed by atoms with Gasteiger partial charge in [0.2, 0.25) is 10.7 Å². The molecule has 30 heavy (non-hydrogen) atoms. The molecule has 7 nitrogen and oxygen atoms in total. The second-order valence-electron chi connectivity index (χ2n) is 7.39. The molecule has 0 aliphatic carbocycles. The van der Waals surface area contributed by atoms with Crippen molar-refractivity contribution in [1.82, 2.24) is 24.6 Å². The highest BCUT2D eigenvalue weighted by atomic mass is 32.1. The summed E-state index contributed by atoms with van der Waals surface area (Å²) in [5.41, 5.74) is 1.81. The highest BCUT2D eigenvalue weighted by molar-refractivity contribution is 7.71. The van der Waals surface area contributed by atoms with E-state index in [-0.39, 0.29) is 18.5 Å². The van der Waals surface area contributed by atoms with Crippen LogP contribution in [0.5, 0.6) is 5.75 Å². The fourth-order valence-electron chi connectivity index (χ4n) is 3.15. The molecule has 0 radical (unpaired) electrons. The lowest BCUT2D eigenvalue weighted by atomic mass is 10.2. The molecule has 3 rings (SSSR count). The number of carbonyl (C=O) groups is 1. The number of benzene rings is 2. The lowest BCUT2D eigenvalue weighted by Gasteiger charge is -2.17. The average Bonchev–Trinajstić information content (AvgIpc) is 3.04. The zero-order valence-corrected chi connectivity index (χ0v) is 18.5. The number of methoxy groups -OCH3 is 1. The summed E-state index contributed by atoms with van der Waals surface area (Å²) in [6, 6.07) is 17.7. The zero-order valence-electron chi connectivity index (χ0n) is 17.7. The van der Waals surface area contributed by atoms with Crippen molar-refractivity contribution in [2.45, 2.75) is 26.6 Å². The van der Waals surface area contributed by atoms with E-state index in [4.69, 9.17) is 22.1 Å². The number of amides is 1. The van der Waals surface area contributed by atoms with E-state index in [0.717, 1.165) is 17.0 Å². The predicted molar refractivity (Wildman–Crippen MR) is 120 cm³/mol. The first kappa shape index (κ1) is 21.7. The maximum absolute atomic E-state index is 12.1. The third-order valence-corrected chi connectivity index (χ3v) is 4.81. The van der Waals surface area contributed by atoms with Crippen LogP contribution in [0.2, 0.25) is 0 Å². The molecule has 1 N–H and O–H groups in total. The SMILES string of the molecule is COc1cccc(-c2nn(CN(C)CC(=O)NC(C)C)c(=S)n2-c2ccccc2)c1. The molecule has 0 spiro atoms. The first-order chi connectivity index (χ1) is 14.4. The number of ether oxygens (including phenoxy) is 1. The number of carbonyl (C=O) groups excluding carboxylic acids is 1. The molecule has 0 saturated heterocycles. The molecule has 1 aromatic heterocycles. The predicted octanol–water partition coefficient (Wildman–Crippen LogP) is 3.49. The van der Waals surface area contributed by atoms with Crippen LogP contribution in [0.25, 0.3) is 17.1 Å². The summed E-state index contributed by atoms with van der Waals surface area (Å²) < 4.78 is 9.60. The van der Waals surface area contributed by atoms with Gasteiger partial charge in [0.15, 0.2) is 5.82 Å².